The Balaban J connectivity index is 0.000000839. The molecule has 0 saturated carbocycles. The summed E-state index contributed by atoms with van der Waals surface area (Å²) >= 11 is 0. The average Bonchev–Trinajstić information content (AvgIpc) is 3.16. The second kappa shape index (κ2) is 17.7. The van der Waals surface area contributed by atoms with Crippen molar-refractivity contribution < 1.29 is 55.3 Å². The number of rotatable bonds is 9. The minimum atomic E-state index is -5.08. The molecule has 316 valence electrons. The number of nitrogens with zero attached hydrogens (tertiary/aromatic N) is 4. The third-order valence-corrected chi connectivity index (χ3v) is 10.7. The number of nitrogens with one attached hydrogen (secondary N) is 2. The van der Waals surface area contributed by atoms with Crippen LogP contribution in [-0.2, 0) is 28.0 Å². The number of methoxy groups -OCH3 is 2. The number of piperazine rings is 1. The molecule has 3 saturated heterocycles. The molecule has 6 rings (SSSR count). The van der Waals surface area contributed by atoms with Crippen molar-refractivity contribution in [2.75, 3.05) is 63.7 Å². The molecule has 2 atom stereocenters. The van der Waals surface area contributed by atoms with E-state index in [1.54, 1.807) is 51.4 Å². The molecular weight excluding hydrogens is 778 g/mol. The molecule has 2 unspecified atom stereocenters. The number of carboxylic acids is 1. The molecule has 2 amide bonds. The van der Waals surface area contributed by atoms with Gasteiger partial charge in [-0.25, -0.2) is 18.0 Å². The summed E-state index contributed by atoms with van der Waals surface area (Å²) in [5.74, 6) is -5.94. The van der Waals surface area contributed by atoms with Crippen LogP contribution in [0.1, 0.15) is 36.0 Å². The normalized spacial score (nSPS) is 20.2. The maximum atomic E-state index is 15.9. The molecular formula is C39H46F6N6O7. The van der Waals surface area contributed by atoms with Gasteiger partial charge in [-0.2, -0.15) is 13.2 Å². The molecule has 3 aliphatic heterocycles. The van der Waals surface area contributed by atoms with Crippen LogP contribution in [0.25, 0.3) is 11.1 Å². The SMILES string of the molecule is COc1cc(-c2cn(C)c(=O)c(C)c2C)cc(OC)c1CN1CCC(N2CCN(c3ccc(NC4CCC(=O)NC4=O)cc3F)CC2)C(F)(F)C1.O=C(O)C(F)(F)F. The lowest BCUT2D eigenvalue weighted by Crippen LogP contribution is -2.61. The Morgan fingerprint density at radius 3 is 2.12 bits per heavy atom. The lowest BCUT2D eigenvalue weighted by atomic mass is 9.95. The number of hydrogen-bond donors (Lipinski definition) is 3. The van der Waals surface area contributed by atoms with Crippen LogP contribution in [0.3, 0.4) is 0 Å². The fourth-order valence-corrected chi connectivity index (χ4v) is 7.53. The Hall–Kier alpha value is -5.30. The van der Waals surface area contributed by atoms with Gasteiger partial charge in [-0.15, -0.1) is 0 Å². The second-order valence-electron chi connectivity index (χ2n) is 14.5. The Morgan fingerprint density at radius 1 is 0.966 bits per heavy atom. The molecule has 3 aromatic rings. The van der Waals surface area contributed by atoms with Gasteiger partial charge in [0.25, 0.3) is 11.5 Å². The third kappa shape index (κ3) is 9.86. The first-order valence-corrected chi connectivity index (χ1v) is 18.4. The Bertz CT molecular complexity index is 2060. The summed E-state index contributed by atoms with van der Waals surface area (Å²) in [5.41, 5.74) is 4.55. The number of aliphatic carboxylic acids is 1. The van der Waals surface area contributed by atoms with E-state index in [1.165, 1.54) is 10.6 Å². The summed E-state index contributed by atoms with van der Waals surface area (Å²) in [6, 6.07) is 6.79. The molecule has 0 radical (unpaired) electrons. The van der Waals surface area contributed by atoms with Gasteiger partial charge in [-0.1, -0.05) is 0 Å². The number of anilines is 2. The topological polar surface area (TPSA) is 146 Å². The number of imide groups is 1. The first-order chi connectivity index (χ1) is 27.2. The van der Waals surface area contributed by atoms with Crippen LogP contribution < -0.4 is 30.6 Å². The average molecular weight is 825 g/mol. The number of pyridine rings is 1. The highest BCUT2D eigenvalue weighted by atomic mass is 19.4. The number of carboxylic acid groups (broad SMARTS) is 1. The molecule has 0 bridgehead atoms. The van der Waals surface area contributed by atoms with E-state index >= 15 is 13.2 Å². The summed E-state index contributed by atoms with van der Waals surface area (Å²) < 4.78 is 91.8. The number of likely N-dealkylation sites (tertiary alicyclic amines) is 1. The molecule has 13 nitrogen and oxygen atoms in total. The number of aromatic nitrogens is 1. The predicted octanol–water partition coefficient (Wildman–Crippen LogP) is 4.71. The van der Waals surface area contributed by atoms with E-state index in [9.17, 15) is 27.6 Å². The first-order valence-electron chi connectivity index (χ1n) is 18.4. The van der Waals surface area contributed by atoms with Gasteiger partial charge in [-0.3, -0.25) is 29.5 Å². The zero-order valence-corrected chi connectivity index (χ0v) is 32.6. The Morgan fingerprint density at radius 2 is 1.59 bits per heavy atom. The van der Waals surface area contributed by atoms with Crippen LogP contribution in [-0.4, -0.2) is 115 Å². The largest absolute Gasteiger partial charge is 0.496 e. The van der Waals surface area contributed by atoms with Crippen molar-refractivity contribution in [3.05, 3.63) is 69.4 Å². The van der Waals surface area contributed by atoms with Crippen molar-refractivity contribution in [1.29, 1.82) is 0 Å². The number of alkyl halides is 5. The minimum absolute atomic E-state index is 0.0696. The molecule has 4 heterocycles. The highest BCUT2D eigenvalue weighted by Crippen LogP contribution is 2.39. The van der Waals surface area contributed by atoms with Crippen molar-refractivity contribution in [3.8, 4) is 22.6 Å². The number of amides is 2. The van der Waals surface area contributed by atoms with Gasteiger partial charge in [0.2, 0.25) is 11.8 Å². The lowest BCUT2D eigenvalue weighted by molar-refractivity contribution is -0.192. The van der Waals surface area contributed by atoms with Crippen LogP contribution in [0.5, 0.6) is 11.5 Å². The third-order valence-electron chi connectivity index (χ3n) is 10.7. The van der Waals surface area contributed by atoms with Gasteiger partial charge in [0.1, 0.15) is 23.4 Å². The first kappa shape index (κ1) is 43.8. The Labute approximate surface area is 330 Å². The summed E-state index contributed by atoms with van der Waals surface area (Å²) in [4.78, 5) is 50.2. The van der Waals surface area contributed by atoms with Crippen LogP contribution in [0.4, 0.5) is 37.7 Å². The molecule has 0 spiro atoms. The zero-order valence-electron chi connectivity index (χ0n) is 32.6. The predicted molar refractivity (Wildman–Crippen MR) is 202 cm³/mol. The number of piperidine rings is 2. The number of halogens is 6. The summed E-state index contributed by atoms with van der Waals surface area (Å²) in [7, 11) is 4.79. The Kier molecular flexibility index (Phi) is 13.4. The van der Waals surface area contributed by atoms with E-state index in [2.05, 4.69) is 10.6 Å². The molecule has 58 heavy (non-hydrogen) atoms. The lowest BCUT2D eigenvalue weighted by Gasteiger charge is -2.46. The van der Waals surface area contributed by atoms with Gasteiger partial charge in [0, 0.05) is 75.7 Å². The molecule has 3 aliphatic rings. The van der Waals surface area contributed by atoms with E-state index in [0.29, 0.717) is 73.1 Å². The van der Waals surface area contributed by atoms with Crippen LogP contribution >= 0.6 is 0 Å². The summed E-state index contributed by atoms with van der Waals surface area (Å²) in [6.07, 6.45) is -2.50. The number of benzene rings is 2. The summed E-state index contributed by atoms with van der Waals surface area (Å²) in [6.45, 7) is 5.43. The number of hydrogen-bond acceptors (Lipinski definition) is 10. The van der Waals surface area contributed by atoms with Crippen molar-refractivity contribution in [1.82, 2.24) is 19.7 Å². The number of ether oxygens (including phenoxy) is 2. The van der Waals surface area contributed by atoms with Crippen molar-refractivity contribution >= 4 is 29.2 Å². The van der Waals surface area contributed by atoms with Crippen molar-refractivity contribution in [3.63, 3.8) is 0 Å². The quantitative estimate of drug-likeness (QED) is 0.204. The summed E-state index contributed by atoms with van der Waals surface area (Å²) in [5, 5.41) is 12.4. The molecule has 2 aromatic carbocycles. The second-order valence-corrected chi connectivity index (χ2v) is 14.5. The number of aryl methyl sites for hydroxylation is 1. The zero-order chi connectivity index (χ0) is 42.7. The van der Waals surface area contributed by atoms with Gasteiger partial charge < -0.3 is 29.4 Å². The molecule has 3 N–H and O–H groups in total. The van der Waals surface area contributed by atoms with Crippen LogP contribution in [0, 0.1) is 19.7 Å². The van der Waals surface area contributed by atoms with Gasteiger partial charge in [-0.05, 0) is 68.1 Å². The monoisotopic (exact) mass is 824 g/mol. The van der Waals surface area contributed by atoms with E-state index in [-0.39, 0.29) is 30.9 Å². The minimum Gasteiger partial charge on any atom is -0.496 e. The molecule has 0 aliphatic carbocycles. The van der Waals surface area contributed by atoms with Gasteiger partial charge in [0.05, 0.1) is 38.1 Å². The molecule has 3 fully saturated rings. The van der Waals surface area contributed by atoms with E-state index in [0.717, 1.165) is 16.7 Å². The van der Waals surface area contributed by atoms with E-state index in [4.69, 9.17) is 19.4 Å². The highest BCUT2D eigenvalue weighted by molar-refractivity contribution is 6.01. The molecule has 19 heteroatoms. The van der Waals surface area contributed by atoms with Gasteiger partial charge in [0.15, 0.2) is 0 Å². The van der Waals surface area contributed by atoms with E-state index in [1.807, 2.05) is 28.9 Å². The maximum absolute atomic E-state index is 15.9. The number of carbonyl (C=O) groups excluding carboxylic acids is 2. The van der Waals surface area contributed by atoms with Crippen LogP contribution in [0.15, 0.2) is 41.3 Å². The van der Waals surface area contributed by atoms with Crippen LogP contribution in [0.2, 0.25) is 0 Å². The molecule has 1 aromatic heterocycles. The van der Waals surface area contributed by atoms with Crippen molar-refractivity contribution in [2.45, 2.75) is 63.8 Å². The maximum Gasteiger partial charge on any atom is 0.490 e. The fraction of sp³-hybridized carbons (Fsp3) is 0.487. The van der Waals surface area contributed by atoms with Crippen molar-refractivity contribution in [2.24, 2.45) is 7.05 Å². The van der Waals surface area contributed by atoms with Gasteiger partial charge >= 0.3 is 12.1 Å². The fourth-order valence-electron chi connectivity index (χ4n) is 7.53. The van der Waals surface area contributed by atoms with E-state index < -0.39 is 48.4 Å². The standard InChI is InChI=1S/C37H45F3N6O5.C2HF3O2/c1-22-23(2)36(49)43(3)19-26(22)24-16-31(50-4)27(32(17-24)51-5)20-44-11-10-33(37(39,40)21-44)46-14-12-45(13-15-46)30-8-6-25(18-28(30)38)41-29-7-9-34(47)42-35(29)48;3-2(4,5)1(6)7/h6,8,16-19,29,33,41H,7,9-15,20-21H2,1-5H3,(H,42,47,48);(H,6,7). The highest BCUT2D eigenvalue weighted by Gasteiger charge is 2.48. The smallest absolute Gasteiger partial charge is 0.490 e. The number of carbonyl (C=O) groups is 3.